The minimum atomic E-state index is -0.436. The first-order valence-electron chi connectivity index (χ1n) is 8.95. The van der Waals surface area contributed by atoms with Crippen molar-refractivity contribution in [3.63, 3.8) is 0 Å². The number of amides is 2. The predicted molar refractivity (Wildman–Crippen MR) is 94.7 cm³/mol. The van der Waals surface area contributed by atoms with Crippen molar-refractivity contribution in [3.05, 3.63) is 23.8 Å². The number of aliphatic hydroxyl groups is 1. The summed E-state index contributed by atoms with van der Waals surface area (Å²) in [6.07, 6.45) is 3.93. The van der Waals surface area contributed by atoms with Crippen LogP contribution >= 0.6 is 0 Å². The number of hydrogen-bond acceptors (Lipinski definition) is 5. The molecular weight excluding hydrogens is 320 g/mol. The molecule has 1 aromatic rings. The number of benzene rings is 1. The first-order chi connectivity index (χ1) is 12.1. The van der Waals surface area contributed by atoms with Crippen LogP contribution in [0.15, 0.2) is 18.2 Å². The summed E-state index contributed by atoms with van der Waals surface area (Å²) >= 11 is 0. The molecule has 2 atom stereocenters. The van der Waals surface area contributed by atoms with Crippen molar-refractivity contribution in [1.29, 1.82) is 0 Å². The summed E-state index contributed by atoms with van der Waals surface area (Å²) in [5.74, 6) is 0.157. The molecule has 25 heavy (non-hydrogen) atoms. The average Bonchev–Trinajstić information content (AvgIpc) is 2.90. The lowest BCUT2D eigenvalue weighted by molar-refractivity contribution is -0.124. The van der Waals surface area contributed by atoms with E-state index in [2.05, 4.69) is 4.90 Å². The third-order valence-electron chi connectivity index (χ3n) is 5.23. The molecule has 0 bridgehead atoms. The topological polar surface area (TPSA) is 70.1 Å². The van der Waals surface area contributed by atoms with E-state index in [1.54, 1.807) is 13.2 Å². The van der Waals surface area contributed by atoms with Gasteiger partial charge in [0.1, 0.15) is 5.75 Å². The van der Waals surface area contributed by atoms with Gasteiger partial charge in [0.15, 0.2) is 0 Å². The number of carbonyl (C=O) groups is 2. The molecule has 2 fully saturated rings. The fraction of sp³-hybridized carbons (Fsp3) is 0.579. The highest BCUT2D eigenvalue weighted by molar-refractivity contribution is 6.23. The molecule has 136 valence electrons. The van der Waals surface area contributed by atoms with Crippen LogP contribution in [0.5, 0.6) is 5.75 Å². The maximum absolute atomic E-state index is 13.1. The van der Waals surface area contributed by atoms with Crippen LogP contribution in [0, 0.1) is 6.92 Å². The number of imide groups is 1. The summed E-state index contributed by atoms with van der Waals surface area (Å²) < 4.78 is 5.36. The number of aryl methyl sites for hydroxylation is 1. The fourth-order valence-corrected chi connectivity index (χ4v) is 4.00. The molecule has 0 aromatic heterocycles. The van der Waals surface area contributed by atoms with Crippen LogP contribution in [-0.2, 0) is 9.59 Å². The fourth-order valence-electron chi connectivity index (χ4n) is 4.00. The molecule has 1 aromatic carbocycles. The molecule has 0 saturated carbocycles. The number of rotatable bonds is 5. The second-order valence-corrected chi connectivity index (χ2v) is 6.86. The van der Waals surface area contributed by atoms with Crippen molar-refractivity contribution in [2.75, 3.05) is 25.2 Å². The predicted octanol–water partition coefficient (Wildman–Crippen LogP) is 1.87. The quantitative estimate of drug-likeness (QED) is 0.824. The van der Waals surface area contributed by atoms with E-state index >= 15 is 0 Å². The Morgan fingerprint density at radius 3 is 2.80 bits per heavy atom. The molecule has 2 amide bonds. The van der Waals surface area contributed by atoms with Crippen molar-refractivity contribution in [3.8, 4) is 5.75 Å². The van der Waals surface area contributed by atoms with E-state index < -0.39 is 6.04 Å². The van der Waals surface area contributed by atoms with Crippen molar-refractivity contribution in [2.24, 2.45) is 0 Å². The number of likely N-dealkylation sites (tertiary alicyclic amines) is 1. The molecule has 6 heteroatoms. The summed E-state index contributed by atoms with van der Waals surface area (Å²) in [5, 5.41) is 9.32. The van der Waals surface area contributed by atoms with Crippen LogP contribution in [0.25, 0.3) is 0 Å². The van der Waals surface area contributed by atoms with E-state index in [0.717, 1.165) is 31.4 Å². The van der Waals surface area contributed by atoms with E-state index in [1.165, 1.54) is 4.90 Å². The van der Waals surface area contributed by atoms with Gasteiger partial charge in [0, 0.05) is 12.6 Å². The molecular formula is C19H26N2O4. The normalized spacial score (nSPS) is 24.8. The Balaban J connectivity index is 1.89. The summed E-state index contributed by atoms with van der Waals surface area (Å²) in [5.41, 5.74) is 1.49. The summed E-state index contributed by atoms with van der Waals surface area (Å²) in [6, 6.07) is 5.23. The second-order valence-electron chi connectivity index (χ2n) is 6.86. The molecule has 0 unspecified atom stereocenters. The Morgan fingerprint density at radius 2 is 2.08 bits per heavy atom. The van der Waals surface area contributed by atoms with E-state index in [1.807, 2.05) is 19.1 Å². The second kappa shape index (κ2) is 7.54. The first kappa shape index (κ1) is 17.9. The highest BCUT2D eigenvalue weighted by Gasteiger charge is 2.45. The lowest BCUT2D eigenvalue weighted by Gasteiger charge is -2.38. The average molecular weight is 346 g/mol. The minimum absolute atomic E-state index is 0.103. The number of carbonyl (C=O) groups excluding carboxylic acids is 2. The molecule has 2 saturated heterocycles. The van der Waals surface area contributed by atoms with Crippen LogP contribution < -0.4 is 9.64 Å². The van der Waals surface area contributed by atoms with Gasteiger partial charge >= 0.3 is 0 Å². The Hall–Kier alpha value is -1.92. The number of hydrogen-bond donors (Lipinski definition) is 1. The van der Waals surface area contributed by atoms with Gasteiger partial charge in [-0.3, -0.25) is 14.5 Å². The molecule has 2 heterocycles. The van der Waals surface area contributed by atoms with E-state index in [-0.39, 0.29) is 30.9 Å². The van der Waals surface area contributed by atoms with Gasteiger partial charge in [0.25, 0.3) is 5.91 Å². The third-order valence-corrected chi connectivity index (χ3v) is 5.23. The standard InChI is InChI=1S/C19H26N2O4/c1-13-6-7-17(25-2)15(11-13)21-18(23)12-16(19(21)24)20-9-4-3-5-14(20)8-10-22/h6-7,11,14,16,22H,3-5,8-10,12H2,1-2H3/t14-,16-/m0/s1. The Kier molecular flexibility index (Phi) is 5.39. The molecule has 0 radical (unpaired) electrons. The lowest BCUT2D eigenvalue weighted by atomic mass is 9.97. The monoisotopic (exact) mass is 346 g/mol. The highest BCUT2D eigenvalue weighted by atomic mass is 16.5. The lowest BCUT2D eigenvalue weighted by Crippen LogP contribution is -2.50. The molecule has 2 aliphatic heterocycles. The molecule has 0 spiro atoms. The molecule has 6 nitrogen and oxygen atoms in total. The van der Waals surface area contributed by atoms with Gasteiger partial charge in [0.05, 0.1) is 25.3 Å². The first-order valence-corrected chi connectivity index (χ1v) is 8.95. The zero-order valence-electron chi connectivity index (χ0n) is 14.9. The minimum Gasteiger partial charge on any atom is -0.495 e. The van der Waals surface area contributed by atoms with Crippen LogP contribution in [0.2, 0.25) is 0 Å². The van der Waals surface area contributed by atoms with Crippen LogP contribution in [-0.4, -0.2) is 54.2 Å². The molecule has 2 aliphatic rings. The van der Waals surface area contributed by atoms with Gasteiger partial charge in [-0.25, -0.2) is 4.90 Å². The number of methoxy groups -OCH3 is 1. The SMILES string of the molecule is COc1ccc(C)cc1N1C(=O)C[C@H](N2CCCC[C@H]2CCO)C1=O. The number of piperidine rings is 1. The smallest absolute Gasteiger partial charge is 0.251 e. The van der Waals surface area contributed by atoms with Crippen molar-refractivity contribution in [2.45, 2.75) is 51.1 Å². The van der Waals surface area contributed by atoms with Crippen LogP contribution in [0.1, 0.15) is 37.7 Å². The van der Waals surface area contributed by atoms with Gasteiger partial charge in [-0.1, -0.05) is 12.5 Å². The van der Waals surface area contributed by atoms with Gasteiger partial charge in [-0.15, -0.1) is 0 Å². The van der Waals surface area contributed by atoms with Gasteiger partial charge in [-0.2, -0.15) is 0 Å². The van der Waals surface area contributed by atoms with Crippen molar-refractivity contribution in [1.82, 2.24) is 4.90 Å². The summed E-state index contributed by atoms with van der Waals surface area (Å²) in [6.45, 7) is 2.83. The van der Waals surface area contributed by atoms with Gasteiger partial charge in [-0.05, 0) is 50.4 Å². The van der Waals surface area contributed by atoms with Gasteiger partial charge < -0.3 is 9.84 Å². The largest absolute Gasteiger partial charge is 0.495 e. The highest BCUT2D eigenvalue weighted by Crippen LogP contribution is 2.35. The summed E-state index contributed by atoms with van der Waals surface area (Å²) in [4.78, 5) is 29.2. The Labute approximate surface area is 148 Å². The molecule has 0 aliphatic carbocycles. The number of aliphatic hydroxyl groups excluding tert-OH is 1. The number of nitrogens with zero attached hydrogens (tertiary/aromatic N) is 2. The van der Waals surface area contributed by atoms with Crippen LogP contribution in [0.3, 0.4) is 0 Å². The zero-order valence-corrected chi connectivity index (χ0v) is 14.9. The van der Waals surface area contributed by atoms with Gasteiger partial charge in [0.2, 0.25) is 5.91 Å². The number of anilines is 1. The van der Waals surface area contributed by atoms with Crippen molar-refractivity contribution >= 4 is 17.5 Å². The van der Waals surface area contributed by atoms with E-state index in [0.29, 0.717) is 17.9 Å². The Morgan fingerprint density at radius 1 is 1.28 bits per heavy atom. The summed E-state index contributed by atoms with van der Waals surface area (Å²) in [7, 11) is 1.54. The maximum Gasteiger partial charge on any atom is 0.251 e. The molecule has 3 rings (SSSR count). The third kappa shape index (κ3) is 3.41. The Bertz CT molecular complexity index is 659. The zero-order chi connectivity index (χ0) is 18.0. The number of ether oxygens (including phenoxy) is 1. The van der Waals surface area contributed by atoms with E-state index in [4.69, 9.17) is 4.74 Å². The maximum atomic E-state index is 13.1. The van der Waals surface area contributed by atoms with E-state index in [9.17, 15) is 14.7 Å². The van der Waals surface area contributed by atoms with Crippen molar-refractivity contribution < 1.29 is 19.4 Å². The molecule has 1 N–H and O–H groups in total. The van der Waals surface area contributed by atoms with Crippen LogP contribution in [0.4, 0.5) is 5.69 Å².